The molecule has 3 unspecified atom stereocenters. The number of anilines is 3. The molecule has 143 heavy (non-hydrogen) atoms. The number of carbonyl (C=O) groups excluding carboxylic acids is 10. The second-order valence-corrected chi connectivity index (χ2v) is 40.8. The minimum Gasteiger partial charge on any atom is -0.511 e. The number of aryl methyl sites for hydroxylation is 1. The van der Waals surface area contributed by atoms with Gasteiger partial charge in [-0.3, -0.25) is 47.9 Å². The lowest BCUT2D eigenvalue weighted by molar-refractivity contribution is -0.218. The normalized spacial score (nSPS) is 33.6. The molecule has 1 aromatic heterocycles. The highest BCUT2D eigenvalue weighted by molar-refractivity contribution is 6.29. The van der Waals surface area contributed by atoms with Gasteiger partial charge in [-0.1, -0.05) is 95.1 Å². The molecule has 0 radical (unpaired) electrons. The number of allylic oxidation sites excluding steroid dienone is 15. The molecule has 36 heteroatoms. The summed E-state index contributed by atoms with van der Waals surface area (Å²) in [6.07, 6.45) is 14.5. The zero-order valence-corrected chi connectivity index (χ0v) is 81.0. The molecule has 764 valence electrons. The van der Waals surface area contributed by atoms with Gasteiger partial charge in [0.2, 0.25) is 0 Å². The Hall–Kier alpha value is -12.1. The van der Waals surface area contributed by atoms with Crippen molar-refractivity contribution in [2.75, 3.05) is 28.4 Å². The molecular formula is C107H115ClF10N6O19. The maximum Gasteiger partial charge on any atom is 0.416 e. The number of nitriles is 2. The highest BCUT2D eigenvalue weighted by Crippen LogP contribution is 2.73. The zero-order valence-electron chi connectivity index (χ0n) is 80.3. The van der Waals surface area contributed by atoms with Crippen LogP contribution in [0.2, 0.25) is 0 Å². The van der Waals surface area contributed by atoms with Crippen molar-refractivity contribution in [2.45, 2.75) is 225 Å². The third-order valence-corrected chi connectivity index (χ3v) is 33.1. The van der Waals surface area contributed by atoms with Gasteiger partial charge >= 0.3 is 18.5 Å². The van der Waals surface area contributed by atoms with E-state index in [1.807, 2.05) is 46.8 Å². The number of carbonyl (C=O) groups is 10. The van der Waals surface area contributed by atoms with Gasteiger partial charge in [0.05, 0.1) is 41.0 Å². The van der Waals surface area contributed by atoms with Gasteiger partial charge in [-0.2, -0.15) is 50.0 Å². The van der Waals surface area contributed by atoms with E-state index in [1.165, 1.54) is 42.6 Å². The maximum atomic E-state index is 16.9. The van der Waals surface area contributed by atoms with Crippen molar-refractivity contribution in [1.29, 1.82) is 10.5 Å². The molecule has 11 N–H and O–H groups in total. The summed E-state index contributed by atoms with van der Waals surface area (Å²) in [6, 6.07) is 14.6. The van der Waals surface area contributed by atoms with Crippen LogP contribution in [-0.2, 0) is 61.7 Å². The summed E-state index contributed by atoms with van der Waals surface area (Å²) >= 11 is 5.81. The summed E-state index contributed by atoms with van der Waals surface area (Å²) in [5, 5.41) is 112. The van der Waals surface area contributed by atoms with E-state index >= 15 is 4.39 Å². The lowest BCUT2D eigenvalue weighted by Gasteiger charge is -2.62. The monoisotopic (exact) mass is 2010 g/mol. The van der Waals surface area contributed by atoms with Crippen molar-refractivity contribution < 1.29 is 137 Å². The number of nitrogens with zero attached hydrogens (tertiary/aromatic N) is 3. The molecule has 4 aromatic rings. The molecule has 3 aromatic carbocycles. The first-order chi connectivity index (χ1) is 66.6. The van der Waals surface area contributed by atoms with Gasteiger partial charge in [-0.15, -0.1) is 29.7 Å². The highest BCUT2D eigenvalue weighted by atomic mass is 35.5. The molecule has 1 heterocycles. The van der Waals surface area contributed by atoms with Crippen LogP contribution >= 0.6 is 11.6 Å². The van der Waals surface area contributed by atoms with Gasteiger partial charge in [-0.25, -0.2) is 4.39 Å². The number of hydrogen-bond donors (Lipinski definition) is 11. The van der Waals surface area contributed by atoms with Gasteiger partial charge in [0, 0.05) is 93.0 Å². The predicted octanol–water partition coefficient (Wildman–Crippen LogP) is 18.1. The fourth-order valence-corrected chi connectivity index (χ4v) is 25.8. The van der Waals surface area contributed by atoms with Gasteiger partial charge in [0.25, 0.3) is 17.7 Å². The topological polar surface area (TPSA) is 442 Å². The number of ketones is 7. The van der Waals surface area contributed by atoms with Crippen LogP contribution in [-0.4, -0.2) is 151 Å². The van der Waals surface area contributed by atoms with E-state index in [4.69, 9.17) is 38.2 Å². The molecule has 16 rings (SSSR count). The molecule has 0 saturated heterocycles. The molecule has 9 fully saturated rings. The van der Waals surface area contributed by atoms with E-state index in [1.54, 1.807) is 50.3 Å². The molecule has 12 aliphatic rings. The van der Waals surface area contributed by atoms with Crippen molar-refractivity contribution in [2.24, 2.45) is 91.7 Å². The number of aliphatic hydroxyl groups is 8. The first-order valence-electron chi connectivity index (χ1n) is 46.8. The average Bonchev–Trinajstić information content (AvgIpc) is 1.56. The Balaban J connectivity index is 0.000000165. The first-order valence-corrected chi connectivity index (χ1v) is 47.3. The summed E-state index contributed by atoms with van der Waals surface area (Å²) in [7, 11) is 0. The van der Waals surface area contributed by atoms with Gasteiger partial charge in [0.1, 0.15) is 64.2 Å². The van der Waals surface area contributed by atoms with Gasteiger partial charge in [-0.05, 0) is 255 Å². The number of benzene rings is 3. The number of aromatic nitrogens is 1. The Morgan fingerprint density at radius 1 is 0.622 bits per heavy atom. The maximum absolute atomic E-state index is 16.9. The lowest BCUT2D eigenvalue weighted by Crippen LogP contribution is -2.69. The largest absolute Gasteiger partial charge is 0.511 e. The second-order valence-electron chi connectivity index (χ2n) is 40.5. The molecule has 25 nitrogen and oxygen atoms in total. The SMILES string of the molecule is C#CCC/C(O)=C(\C#N)C(=O)Nc1ccc(C(F)(F)F)cc1.C/C(O)=C(\C#N)C(=O)Nc1ccc(C(F)(F)F)cc1.C=C=CCC(=O)[C@@]1(O)CC[C@H]2[C@@H]3C[C@H](C)C4=CC(=O)C=C[C@]4(C)[C@H]3[C@@H](O)C[C@@]21C.C[C@H]1C[C@H]2[C@@H]3CCC4=CC(=O)C=C[C@]4(C)[C@@]3(F)[C@@H](O)C[C@]2(C)[C@@]1(O)C(=O)CCl.C[C@]12C=CC(=O)C=C1CCC1C2C(=O)C[C@@]2(C)C1CC[C@]2(O)C(=O)CO.Cc1oncc1C(=O)Nc1ccc(C(F)(F)F)cc1. The van der Waals surface area contributed by atoms with E-state index in [-0.39, 0.29) is 148 Å². The summed E-state index contributed by atoms with van der Waals surface area (Å²) in [5.41, 5.74) is -8.30. The van der Waals surface area contributed by atoms with Crippen molar-refractivity contribution in [1.82, 2.24) is 5.16 Å². The van der Waals surface area contributed by atoms with Crippen LogP contribution in [0.15, 0.2) is 196 Å². The zero-order chi connectivity index (χ0) is 106. The van der Waals surface area contributed by atoms with Crippen LogP contribution < -0.4 is 16.0 Å². The Morgan fingerprint density at radius 3 is 1.60 bits per heavy atom. The van der Waals surface area contributed by atoms with E-state index in [9.17, 15) is 123 Å². The number of fused-ring (bicyclic) bond motifs is 15. The average molecular weight is 2010 g/mol. The number of hydrogen-bond acceptors (Lipinski definition) is 22. The van der Waals surface area contributed by atoms with Crippen LogP contribution in [0.3, 0.4) is 0 Å². The smallest absolute Gasteiger partial charge is 0.416 e. The minimum atomic E-state index is -4.48. The van der Waals surface area contributed by atoms with Crippen LogP contribution in [0.4, 0.5) is 61.0 Å². The van der Waals surface area contributed by atoms with Crippen molar-refractivity contribution in [3.05, 3.63) is 219 Å². The number of Topliss-reactive ketones (excluding diaryl/α,β-unsaturated/α-hetero) is 4. The molecule has 0 aliphatic heterocycles. The van der Waals surface area contributed by atoms with Crippen molar-refractivity contribution in [3.8, 4) is 24.5 Å². The van der Waals surface area contributed by atoms with Gasteiger partial charge in [0.15, 0.2) is 51.5 Å². The number of halogens is 11. The minimum absolute atomic E-state index is 0.00195. The standard InChI is InChI=1S/C25H32O4.C22H28ClFO4.C21H26O5.C15H11F3N2O2.2C12H9F3N2O2/c1-5-6-7-21(28)25(29)11-9-18-17-12-15(2)19-13-16(26)8-10-23(19,3)22(17)20(27)14-24(18,25)4;1-12-8-16-15-5-4-13-9-14(25)6-7-19(13,2)21(15,24)17(26)10-20(16,3)22(12,28)18(27)11-23;1-19-7-5-13(23)9-12(19)3-4-14-15-6-8-21(26,17(25)11-22)20(15,2)10-16(24)18(14)19;1-2-3-4-13(21)12(9-19)14(22)20-11-7-5-10(6-8-11)15(16,17)18;1-7-10(6-16-19-7)11(18)17-9-4-2-8(3-5-9)12(13,14)15;1-7(18)10(6-16)11(19)17-9-4-2-8(3-5-9)12(13,14)15/h6,8,10,13,15,17-18,20,22,27,29H,1,7,9,11-12,14H2,2-4H3;6-7,9,12,15-17,26,28H,4-5,8,10-11H2,1-3H3;5,7,9,14-15,18,22,26H,3-4,6,8,10-11H2,1-2H3;1,5-8,21H,3-4H2,(H,20,22);2-6H,1H3,(H,17,18);2-5,18H,1H3,(H,17,19)/b;;;13-12-;;10-7-/t15-,17-,18-,20-,22+,23-,24-,25-;12-,15-,16-,17-,19-,20-,21-,22-;14?,15?,18?,19-,20-,21-;;;/m000.../s1. The number of amides is 3. The van der Waals surface area contributed by atoms with Gasteiger partial charge < -0.3 is 61.3 Å². The van der Waals surface area contributed by atoms with Crippen molar-refractivity contribution >= 4 is 86.9 Å². The Bertz CT molecular complexity index is 6140. The Morgan fingerprint density at radius 2 is 1.11 bits per heavy atom. The molecular weight excluding hydrogens is 1900 g/mol. The molecule has 22 atom stereocenters. The Labute approximate surface area is 824 Å². The van der Waals surface area contributed by atoms with Crippen molar-refractivity contribution in [3.63, 3.8) is 0 Å². The lowest BCUT2D eigenvalue weighted by atomic mass is 9.44. The fraction of sp³-hybridized carbons (Fsp3) is 0.495. The number of rotatable bonds is 15. The molecule has 0 bridgehead atoms. The molecule has 0 spiro atoms. The first kappa shape index (κ1) is 111. The predicted molar refractivity (Wildman–Crippen MR) is 504 cm³/mol. The van der Waals surface area contributed by atoms with E-state index in [2.05, 4.69) is 53.2 Å². The third kappa shape index (κ3) is 20.6. The van der Waals surface area contributed by atoms with Crippen LogP contribution in [0, 0.1) is 134 Å². The quantitative estimate of drug-likeness (QED) is 0.0100. The number of nitrogens with one attached hydrogen (secondary N) is 3. The fourth-order valence-electron chi connectivity index (χ4n) is 25.6. The molecule has 12 aliphatic carbocycles. The summed E-state index contributed by atoms with van der Waals surface area (Å²) in [4.78, 5) is 122. The number of alkyl halides is 11. The number of terminal acetylenes is 1. The van der Waals surface area contributed by atoms with Crippen LogP contribution in [0.25, 0.3) is 0 Å². The van der Waals surface area contributed by atoms with Crippen LogP contribution in [0.5, 0.6) is 0 Å². The third-order valence-electron chi connectivity index (χ3n) is 32.9. The Kier molecular flexibility index (Phi) is 32.6. The number of aliphatic hydroxyl groups excluding tert-OH is 5. The molecule has 3 amide bonds. The van der Waals surface area contributed by atoms with E-state index < -0.39 is 161 Å². The second kappa shape index (κ2) is 41.9. The summed E-state index contributed by atoms with van der Waals surface area (Å²) in [6.45, 7) is 21.1. The summed E-state index contributed by atoms with van der Waals surface area (Å²) < 4.78 is 133. The molecule has 9 saturated carbocycles. The van der Waals surface area contributed by atoms with E-state index in [0.29, 0.717) is 50.7 Å². The van der Waals surface area contributed by atoms with E-state index in [0.717, 1.165) is 110 Å². The highest BCUT2D eigenvalue weighted by Gasteiger charge is 2.77. The summed E-state index contributed by atoms with van der Waals surface area (Å²) in [5.74, 6) is -2.83. The van der Waals surface area contributed by atoms with Crippen LogP contribution in [0.1, 0.15) is 198 Å².